The van der Waals surface area contributed by atoms with Crippen molar-refractivity contribution in [1.29, 1.82) is 0 Å². The molecule has 0 saturated carbocycles. The van der Waals surface area contributed by atoms with Gasteiger partial charge in [0.25, 0.3) is 0 Å². The normalized spacial score (nSPS) is 21.2. The summed E-state index contributed by atoms with van der Waals surface area (Å²) in [6.07, 6.45) is 8.60. The topological polar surface area (TPSA) is 67.9 Å². The SMILES string of the molecule is CCOc1cc2c(cc1OC)C1=CC(Nc3c(C)cc(C)cc3C)N(CCCC(=O)C3=C(C)C=CC3C)C(=O)C1CC2. The molecule has 0 radical (unpaired) electrons. The number of amides is 1. The van der Waals surface area contributed by atoms with Crippen molar-refractivity contribution in [3.8, 4) is 11.5 Å². The van der Waals surface area contributed by atoms with Crippen LogP contribution in [0.15, 0.2) is 53.6 Å². The first kappa shape index (κ1) is 29.7. The van der Waals surface area contributed by atoms with Gasteiger partial charge in [-0.15, -0.1) is 0 Å². The fraction of sp³-hybridized carbons (Fsp3) is 0.444. The summed E-state index contributed by atoms with van der Waals surface area (Å²) >= 11 is 0. The lowest BCUT2D eigenvalue weighted by molar-refractivity contribution is -0.136. The molecule has 0 bridgehead atoms. The number of Topliss-reactive ketones (excluding diaryl/α,β-unsaturated/α-hetero) is 1. The van der Waals surface area contributed by atoms with Crippen LogP contribution in [0.2, 0.25) is 0 Å². The predicted molar refractivity (Wildman–Crippen MR) is 169 cm³/mol. The number of hydrogen-bond donors (Lipinski definition) is 1. The van der Waals surface area contributed by atoms with E-state index in [4.69, 9.17) is 9.47 Å². The first-order chi connectivity index (χ1) is 20.1. The van der Waals surface area contributed by atoms with Crippen LogP contribution < -0.4 is 14.8 Å². The van der Waals surface area contributed by atoms with Gasteiger partial charge in [0, 0.05) is 30.1 Å². The average Bonchev–Trinajstić information content (AvgIpc) is 3.29. The van der Waals surface area contributed by atoms with Crippen LogP contribution in [0.25, 0.3) is 5.57 Å². The van der Waals surface area contributed by atoms with E-state index >= 15 is 0 Å². The fourth-order valence-corrected chi connectivity index (χ4v) is 6.98. The van der Waals surface area contributed by atoms with Crippen molar-refractivity contribution in [1.82, 2.24) is 4.90 Å². The number of carbonyl (C=O) groups is 2. The smallest absolute Gasteiger partial charge is 0.232 e. The number of hydrogen-bond acceptors (Lipinski definition) is 5. The van der Waals surface area contributed by atoms with E-state index in [-0.39, 0.29) is 29.7 Å². The zero-order chi connectivity index (χ0) is 30.1. The van der Waals surface area contributed by atoms with E-state index in [1.165, 1.54) is 11.1 Å². The number of ketones is 1. The van der Waals surface area contributed by atoms with Gasteiger partial charge in [0.05, 0.1) is 19.6 Å². The van der Waals surface area contributed by atoms with Crippen molar-refractivity contribution in [3.63, 3.8) is 0 Å². The van der Waals surface area contributed by atoms with Gasteiger partial charge in [0.15, 0.2) is 17.3 Å². The minimum atomic E-state index is -0.338. The highest BCUT2D eigenvalue weighted by Crippen LogP contribution is 2.44. The quantitative estimate of drug-likeness (QED) is 0.331. The molecule has 0 fully saturated rings. The summed E-state index contributed by atoms with van der Waals surface area (Å²) < 4.78 is 11.5. The minimum Gasteiger partial charge on any atom is -0.493 e. The maximum Gasteiger partial charge on any atom is 0.232 e. The molecule has 1 amide bonds. The van der Waals surface area contributed by atoms with Crippen LogP contribution in [-0.2, 0) is 16.0 Å². The summed E-state index contributed by atoms with van der Waals surface area (Å²) in [5.41, 5.74) is 9.79. The summed E-state index contributed by atoms with van der Waals surface area (Å²) in [5.74, 6) is 1.65. The Morgan fingerprint density at radius 2 is 1.81 bits per heavy atom. The summed E-state index contributed by atoms with van der Waals surface area (Å²) in [7, 11) is 1.65. The number of anilines is 1. The number of nitrogens with zero attached hydrogens (tertiary/aromatic N) is 1. The molecule has 1 N–H and O–H groups in total. The van der Waals surface area contributed by atoms with Crippen molar-refractivity contribution in [3.05, 3.63) is 81.5 Å². The van der Waals surface area contributed by atoms with E-state index in [0.29, 0.717) is 31.7 Å². The van der Waals surface area contributed by atoms with Crippen LogP contribution in [0.4, 0.5) is 5.69 Å². The Bertz CT molecular complexity index is 1470. The molecule has 0 spiro atoms. The first-order valence-corrected chi connectivity index (χ1v) is 15.3. The second kappa shape index (κ2) is 12.2. The Balaban J connectivity index is 1.48. The van der Waals surface area contributed by atoms with Gasteiger partial charge in [-0.2, -0.15) is 0 Å². The van der Waals surface area contributed by atoms with E-state index < -0.39 is 0 Å². The highest BCUT2D eigenvalue weighted by Gasteiger charge is 2.40. The van der Waals surface area contributed by atoms with Crippen LogP contribution in [0.5, 0.6) is 11.5 Å². The molecule has 3 unspecified atom stereocenters. The van der Waals surface area contributed by atoms with Gasteiger partial charge in [-0.3, -0.25) is 9.59 Å². The van der Waals surface area contributed by atoms with Crippen LogP contribution in [-0.4, -0.2) is 43.0 Å². The van der Waals surface area contributed by atoms with Crippen LogP contribution in [0.1, 0.15) is 67.9 Å². The molecule has 0 aromatic heterocycles. The Hall–Kier alpha value is -3.80. The second-order valence-corrected chi connectivity index (χ2v) is 12.0. The first-order valence-electron chi connectivity index (χ1n) is 15.3. The van der Waals surface area contributed by atoms with Gasteiger partial charge in [0.1, 0.15) is 6.17 Å². The molecule has 6 nitrogen and oxygen atoms in total. The number of fused-ring (bicyclic) bond motifs is 3. The van der Waals surface area contributed by atoms with E-state index in [2.05, 4.69) is 63.4 Å². The molecule has 2 aromatic rings. The number of benzene rings is 2. The number of aryl methyl sites for hydroxylation is 4. The highest BCUT2D eigenvalue weighted by molar-refractivity contribution is 5.98. The maximum absolute atomic E-state index is 14.2. The van der Waals surface area contributed by atoms with Crippen molar-refractivity contribution in [2.24, 2.45) is 11.8 Å². The molecule has 0 saturated heterocycles. The molecule has 1 heterocycles. The van der Waals surface area contributed by atoms with Gasteiger partial charge >= 0.3 is 0 Å². The highest BCUT2D eigenvalue weighted by atomic mass is 16.5. The van der Waals surface area contributed by atoms with Gasteiger partial charge < -0.3 is 19.7 Å². The molecular weight excluding hydrogens is 524 g/mol. The Kier molecular flexibility index (Phi) is 8.63. The van der Waals surface area contributed by atoms with Gasteiger partial charge in [-0.25, -0.2) is 0 Å². The molecule has 2 aliphatic carbocycles. The number of carbonyl (C=O) groups excluding carboxylic acids is 2. The third-order valence-electron chi connectivity index (χ3n) is 8.92. The monoisotopic (exact) mass is 568 g/mol. The predicted octanol–water partition coefficient (Wildman–Crippen LogP) is 7.12. The number of methoxy groups -OCH3 is 1. The number of ether oxygens (including phenoxy) is 2. The van der Waals surface area contributed by atoms with E-state index in [9.17, 15) is 9.59 Å². The van der Waals surface area contributed by atoms with Crippen molar-refractivity contribution < 1.29 is 19.1 Å². The van der Waals surface area contributed by atoms with E-state index in [1.54, 1.807) is 7.11 Å². The zero-order valence-electron chi connectivity index (χ0n) is 26.1. The Morgan fingerprint density at radius 3 is 2.45 bits per heavy atom. The average molecular weight is 569 g/mol. The molecule has 3 atom stereocenters. The van der Waals surface area contributed by atoms with Crippen molar-refractivity contribution in [2.45, 2.75) is 73.4 Å². The summed E-state index contributed by atoms with van der Waals surface area (Å²) in [6.45, 7) is 13.4. The lowest BCUT2D eigenvalue weighted by atomic mass is 9.76. The second-order valence-electron chi connectivity index (χ2n) is 12.0. The van der Waals surface area contributed by atoms with E-state index in [1.807, 2.05) is 30.9 Å². The largest absolute Gasteiger partial charge is 0.493 e. The van der Waals surface area contributed by atoms with Gasteiger partial charge in [0.2, 0.25) is 5.91 Å². The lowest BCUT2D eigenvalue weighted by Gasteiger charge is -2.42. The van der Waals surface area contributed by atoms with Gasteiger partial charge in [-0.05, 0) is 105 Å². The van der Waals surface area contributed by atoms with Crippen LogP contribution >= 0.6 is 0 Å². The van der Waals surface area contributed by atoms with Crippen LogP contribution in [0.3, 0.4) is 0 Å². The Morgan fingerprint density at radius 1 is 1.07 bits per heavy atom. The molecule has 42 heavy (non-hydrogen) atoms. The Labute approximate surface area is 250 Å². The standard InChI is InChI=1S/C36H44N2O4/c1-8-42-32-18-26-13-14-27-29(28(26)19-31(32)41-7)20-33(37-35-24(5)16-21(2)17-25(35)6)38(36(27)40)15-9-10-30(39)34-22(3)11-12-23(34)4/h11-12,16-20,22,27,33,37H,8-10,13-15H2,1-7H3. The molecule has 5 rings (SSSR count). The molecule has 6 heteroatoms. The van der Waals surface area contributed by atoms with Crippen molar-refractivity contribution in [2.75, 3.05) is 25.6 Å². The lowest BCUT2D eigenvalue weighted by Crippen LogP contribution is -2.51. The maximum atomic E-state index is 14.2. The van der Waals surface area contributed by atoms with Crippen LogP contribution in [0, 0.1) is 32.6 Å². The number of nitrogens with one attached hydrogen (secondary N) is 1. The molecular formula is C36H44N2O4. The summed E-state index contributed by atoms with van der Waals surface area (Å²) in [6, 6.07) is 8.44. The zero-order valence-corrected chi connectivity index (χ0v) is 26.1. The molecule has 222 valence electrons. The number of rotatable bonds is 10. The minimum absolute atomic E-state index is 0.115. The summed E-state index contributed by atoms with van der Waals surface area (Å²) in [5, 5.41) is 3.73. The van der Waals surface area contributed by atoms with E-state index in [0.717, 1.165) is 57.7 Å². The molecule has 1 aliphatic heterocycles. The fourth-order valence-electron chi connectivity index (χ4n) is 6.98. The third-order valence-corrected chi connectivity index (χ3v) is 8.92. The molecule has 3 aliphatic rings. The molecule has 2 aromatic carbocycles. The number of allylic oxidation sites excluding steroid dienone is 4. The van der Waals surface area contributed by atoms with Gasteiger partial charge in [-0.1, -0.05) is 36.8 Å². The third kappa shape index (κ3) is 5.64. The summed E-state index contributed by atoms with van der Waals surface area (Å²) in [4.78, 5) is 29.3. The van der Waals surface area contributed by atoms with Crippen molar-refractivity contribution >= 4 is 23.0 Å².